The van der Waals surface area contributed by atoms with Gasteiger partial charge in [-0.15, -0.1) is 0 Å². The fourth-order valence-electron chi connectivity index (χ4n) is 0.659. The van der Waals surface area contributed by atoms with Gasteiger partial charge in [0.25, 0.3) is 0 Å². The Kier molecular flexibility index (Phi) is 3.48. The van der Waals surface area contributed by atoms with Gasteiger partial charge in [-0.2, -0.15) is 43.5 Å². The van der Waals surface area contributed by atoms with Crippen LogP contribution in [-0.4, -0.2) is 31.7 Å². The highest BCUT2D eigenvalue weighted by molar-refractivity contribution is 7.87. The summed E-state index contributed by atoms with van der Waals surface area (Å²) in [4.78, 5) is 0. The lowest BCUT2D eigenvalue weighted by Crippen LogP contribution is -2.65. The van der Waals surface area contributed by atoms with Crippen molar-refractivity contribution in [1.29, 1.82) is 0 Å². The van der Waals surface area contributed by atoms with Gasteiger partial charge in [0.05, 0.1) is 0 Å². The quantitative estimate of drug-likeness (QED) is 0.734. The summed E-state index contributed by atoms with van der Waals surface area (Å²) < 4.78 is 136. The van der Waals surface area contributed by atoms with Crippen LogP contribution in [0.15, 0.2) is 0 Å². The molecule has 0 heterocycles. The topological polar surface area (TPSA) is 54.0 Å². The summed E-state index contributed by atoms with van der Waals surface area (Å²) in [5, 5.41) is -7.29. The van der Waals surface area contributed by atoms with E-state index in [2.05, 4.69) is 0 Å². The molecule has 0 aromatic heterocycles. The molecule has 0 spiro atoms. The standard InChI is InChI=1S/C4F9O3S/c5-1(6,3(8,9)10)2(7,4(11,12)13)17(14,15)16. The van der Waals surface area contributed by atoms with Gasteiger partial charge in [0, 0.05) is 0 Å². The smallest absolute Gasteiger partial charge is 0.206 e. The number of halogens is 9. The van der Waals surface area contributed by atoms with Crippen LogP contribution in [0.25, 0.3) is 0 Å². The van der Waals surface area contributed by atoms with Crippen molar-refractivity contribution in [2.45, 2.75) is 23.3 Å². The van der Waals surface area contributed by atoms with Crippen LogP contribution in [0.5, 0.6) is 0 Å². The van der Waals surface area contributed by atoms with Gasteiger partial charge < -0.3 is 0 Å². The molecule has 0 aromatic rings. The lowest BCUT2D eigenvalue weighted by molar-refractivity contribution is -0.359. The molecule has 103 valence electrons. The first-order valence-electron chi connectivity index (χ1n) is 3.15. The van der Waals surface area contributed by atoms with Crippen LogP contribution >= 0.6 is 0 Å². The maximum absolute atomic E-state index is 12.6. The van der Waals surface area contributed by atoms with Crippen molar-refractivity contribution in [2.75, 3.05) is 0 Å². The first-order valence-corrected chi connectivity index (χ1v) is 4.56. The molecule has 0 aromatic carbocycles. The summed E-state index contributed by atoms with van der Waals surface area (Å²) in [5.41, 5.74) is 0. The molecule has 0 bridgehead atoms. The Morgan fingerprint density at radius 2 is 0.941 bits per heavy atom. The Hall–Kier alpha value is -0.720. The molecule has 0 aliphatic carbocycles. The zero-order valence-corrected chi connectivity index (χ0v) is 7.85. The SMILES string of the molecule is [O]S(=O)(=O)C(F)(C(F)(F)F)C(F)(F)C(F)(F)F. The third kappa shape index (κ3) is 2.17. The lowest BCUT2D eigenvalue weighted by Gasteiger charge is -2.32. The zero-order chi connectivity index (χ0) is 14.5. The third-order valence-corrected chi connectivity index (χ3v) is 2.65. The number of hydrogen-bond acceptors (Lipinski definition) is 2. The van der Waals surface area contributed by atoms with Crippen LogP contribution in [0.2, 0.25) is 0 Å². The first kappa shape index (κ1) is 16.3. The van der Waals surface area contributed by atoms with Gasteiger partial charge in [-0.25, -0.2) is 4.39 Å². The molecule has 1 radical (unpaired) electrons. The summed E-state index contributed by atoms with van der Waals surface area (Å²) >= 11 is 0. The van der Waals surface area contributed by atoms with E-state index >= 15 is 0 Å². The minimum absolute atomic E-state index is 7.21. The molecule has 1 atom stereocenters. The first-order chi connectivity index (χ1) is 7.00. The normalized spacial score (nSPS) is 18.9. The number of hydrogen-bond donors (Lipinski definition) is 0. The third-order valence-electron chi connectivity index (χ3n) is 1.47. The van der Waals surface area contributed by atoms with E-state index in [1.165, 1.54) is 0 Å². The maximum Gasteiger partial charge on any atom is 0.458 e. The van der Waals surface area contributed by atoms with Gasteiger partial charge in [-0.05, 0) is 0 Å². The van der Waals surface area contributed by atoms with E-state index in [9.17, 15) is 52.5 Å². The van der Waals surface area contributed by atoms with Gasteiger partial charge in [-0.1, -0.05) is 4.55 Å². The Labute approximate surface area is 87.0 Å². The maximum atomic E-state index is 12.6. The molecule has 0 aliphatic heterocycles. The summed E-state index contributed by atoms with van der Waals surface area (Å²) in [6.45, 7) is 0. The predicted octanol–water partition coefficient (Wildman–Crippen LogP) is 2.17. The van der Waals surface area contributed by atoms with Gasteiger partial charge in [0.2, 0.25) is 0 Å². The molecular weight excluding hydrogens is 299 g/mol. The largest absolute Gasteiger partial charge is 0.458 e. The molecule has 17 heavy (non-hydrogen) atoms. The summed E-state index contributed by atoms with van der Waals surface area (Å²) in [7, 11) is -7.67. The Balaban J connectivity index is 6.24. The van der Waals surface area contributed by atoms with E-state index in [1.54, 1.807) is 0 Å². The highest BCUT2D eigenvalue weighted by Crippen LogP contribution is 2.55. The van der Waals surface area contributed by atoms with Crippen molar-refractivity contribution >= 4 is 10.1 Å². The fraction of sp³-hybridized carbons (Fsp3) is 1.00. The average Bonchev–Trinajstić information content (AvgIpc) is 1.95. The second-order valence-electron chi connectivity index (χ2n) is 2.62. The molecule has 0 amide bonds. The molecular formula is C4F9O3S. The van der Waals surface area contributed by atoms with Crippen LogP contribution in [0.1, 0.15) is 0 Å². The summed E-state index contributed by atoms with van der Waals surface area (Å²) in [6, 6.07) is 0. The van der Waals surface area contributed by atoms with Gasteiger partial charge >= 0.3 is 33.4 Å². The molecule has 13 heteroatoms. The number of alkyl halides is 9. The summed E-state index contributed by atoms with van der Waals surface area (Å²) in [6.07, 6.45) is -14.5. The fourth-order valence-corrected chi connectivity index (χ4v) is 1.37. The van der Waals surface area contributed by atoms with E-state index in [0.717, 1.165) is 0 Å². The highest BCUT2D eigenvalue weighted by atomic mass is 32.2. The molecule has 0 saturated carbocycles. The van der Waals surface area contributed by atoms with Crippen molar-refractivity contribution in [3.8, 4) is 0 Å². The van der Waals surface area contributed by atoms with E-state index in [4.69, 9.17) is 0 Å². The van der Waals surface area contributed by atoms with Crippen LogP contribution < -0.4 is 0 Å². The van der Waals surface area contributed by atoms with Gasteiger partial charge in [0.1, 0.15) is 0 Å². The van der Waals surface area contributed by atoms with Crippen molar-refractivity contribution in [1.82, 2.24) is 0 Å². The molecule has 0 aliphatic rings. The second-order valence-corrected chi connectivity index (χ2v) is 4.09. The average molecular weight is 299 g/mol. The van der Waals surface area contributed by atoms with Crippen LogP contribution in [0.4, 0.5) is 39.5 Å². The van der Waals surface area contributed by atoms with E-state index < -0.39 is 33.4 Å². The molecule has 3 nitrogen and oxygen atoms in total. The summed E-state index contributed by atoms with van der Waals surface area (Å²) in [5.74, 6) is -7.43. The molecule has 0 fully saturated rings. The monoisotopic (exact) mass is 299 g/mol. The highest BCUT2D eigenvalue weighted by Gasteiger charge is 2.87. The van der Waals surface area contributed by atoms with Crippen LogP contribution in [0.3, 0.4) is 0 Å². The van der Waals surface area contributed by atoms with E-state index in [-0.39, 0.29) is 0 Å². The second kappa shape index (κ2) is 3.63. The minimum atomic E-state index is -7.67. The molecule has 0 rings (SSSR count). The van der Waals surface area contributed by atoms with Gasteiger partial charge in [-0.3, -0.25) is 0 Å². The van der Waals surface area contributed by atoms with E-state index in [0.29, 0.717) is 0 Å². The minimum Gasteiger partial charge on any atom is -0.206 e. The van der Waals surface area contributed by atoms with Crippen molar-refractivity contribution in [3.63, 3.8) is 0 Å². The molecule has 1 unspecified atom stereocenters. The zero-order valence-electron chi connectivity index (χ0n) is 7.03. The Morgan fingerprint density at radius 3 is 1.00 bits per heavy atom. The number of rotatable bonds is 2. The molecule has 0 saturated heterocycles. The predicted molar refractivity (Wildman–Crippen MR) is 30.5 cm³/mol. The Bertz CT molecular complexity index is 391. The van der Waals surface area contributed by atoms with Crippen molar-refractivity contribution in [3.05, 3.63) is 0 Å². The van der Waals surface area contributed by atoms with Crippen molar-refractivity contribution in [2.24, 2.45) is 0 Å². The lowest BCUT2D eigenvalue weighted by atomic mass is 10.2. The van der Waals surface area contributed by atoms with Crippen LogP contribution in [-0.2, 0) is 14.7 Å². The molecule has 0 N–H and O–H groups in total. The van der Waals surface area contributed by atoms with Crippen molar-refractivity contribution < 1.29 is 52.5 Å². The Morgan fingerprint density at radius 1 is 0.647 bits per heavy atom. The van der Waals surface area contributed by atoms with Gasteiger partial charge in [0.15, 0.2) is 0 Å². The van der Waals surface area contributed by atoms with E-state index in [1.807, 2.05) is 0 Å². The van der Waals surface area contributed by atoms with Crippen LogP contribution in [0, 0.1) is 0 Å².